The van der Waals surface area contributed by atoms with Crippen LogP contribution in [0.25, 0.3) is 11.4 Å². The summed E-state index contributed by atoms with van der Waals surface area (Å²) in [6, 6.07) is 9.54. The van der Waals surface area contributed by atoms with Crippen LogP contribution in [0.4, 0.5) is 0 Å². The Labute approximate surface area is 160 Å². The molecule has 1 amide bonds. The Morgan fingerprint density at radius 3 is 2.70 bits per heavy atom. The van der Waals surface area contributed by atoms with Crippen LogP contribution < -0.4 is 5.56 Å². The standard InChI is InChI=1S/C21H28N4O2/c1-15-18(21(27)23-20(22-15)17-9-5-4-6-10-17)12-19(26)25-11-7-8-16(14-25)13-24(2)3/h4-6,9-10,16H,7-8,11-14H2,1-3H3,(H,22,23,27)/t16-/m1/s1. The minimum atomic E-state index is -0.225. The maximum Gasteiger partial charge on any atom is 0.255 e. The molecule has 0 unspecified atom stereocenters. The third kappa shape index (κ3) is 4.83. The largest absolute Gasteiger partial charge is 0.342 e. The van der Waals surface area contributed by atoms with E-state index in [1.807, 2.05) is 35.2 Å². The number of hydrogen-bond acceptors (Lipinski definition) is 4. The van der Waals surface area contributed by atoms with Crippen LogP contribution in [0.3, 0.4) is 0 Å². The van der Waals surface area contributed by atoms with E-state index >= 15 is 0 Å². The Bertz CT molecular complexity index is 845. The van der Waals surface area contributed by atoms with Gasteiger partial charge in [0.1, 0.15) is 5.82 Å². The average molecular weight is 368 g/mol. The number of nitrogens with one attached hydrogen (secondary N) is 1. The molecule has 1 atom stereocenters. The molecule has 1 aliphatic rings. The summed E-state index contributed by atoms with van der Waals surface area (Å²) >= 11 is 0. The number of likely N-dealkylation sites (tertiary alicyclic amines) is 1. The molecule has 27 heavy (non-hydrogen) atoms. The van der Waals surface area contributed by atoms with Crippen LogP contribution in [0.1, 0.15) is 24.1 Å². The van der Waals surface area contributed by atoms with E-state index in [4.69, 9.17) is 0 Å². The number of nitrogens with zero attached hydrogens (tertiary/aromatic N) is 3. The molecule has 1 fully saturated rings. The highest BCUT2D eigenvalue weighted by atomic mass is 16.2. The molecule has 0 radical (unpaired) electrons. The van der Waals surface area contributed by atoms with Crippen molar-refractivity contribution < 1.29 is 4.79 Å². The molecule has 0 aliphatic carbocycles. The number of aromatic amines is 1. The monoisotopic (exact) mass is 368 g/mol. The Morgan fingerprint density at radius 2 is 2.04 bits per heavy atom. The van der Waals surface area contributed by atoms with Crippen LogP contribution in [-0.4, -0.2) is 59.4 Å². The molecular formula is C21H28N4O2. The van der Waals surface area contributed by atoms with Gasteiger partial charge in [-0.2, -0.15) is 0 Å². The van der Waals surface area contributed by atoms with Gasteiger partial charge in [0.2, 0.25) is 5.91 Å². The summed E-state index contributed by atoms with van der Waals surface area (Å²) in [5, 5.41) is 0. The highest BCUT2D eigenvalue weighted by molar-refractivity contribution is 5.79. The highest BCUT2D eigenvalue weighted by Crippen LogP contribution is 2.19. The summed E-state index contributed by atoms with van der Waals surface area (Å²) in [6.45, 7) is 4.32. The SMILES string of the molecule is Cc1nc(-c2ccccc2)[nH]c(=O)c1CC(=O)N1CCC[C@H](CN(C)C)C1. The molecule has 144 valence electrons. The van der Waals surface area contributed by atoms with Crippen molar-refractivity contribution in [1.29, 1.82) is 0 Å². The van der Waals surface area contributed by atoms with Crippen molar-refractivity contribution in [2.24, 2.45) is 5.92 Å². The molecule has 0 spiro atoms. The van der Waals surface area contributed by atoms with Gasteiger partial charge in [-0.05, 0) is 39.8 Å². The number of carbonyl (C=O) groups is 1. The molecule has 2 heterocycles. The first-order chi connectivity index (χ1) is 12.9. The summed E-state index contributed by atoms with van der Waals surface area (Å²) in [6.07, 6.45) is 2.28. The Kier molecular flexibility index (Phi) is 6.06. The van der Waals surface area contributed by atoms with Crippen molar-refractivity contribution in [2.45, 2.75) is 26.2 Å². The molecule has 1 saturated heterocycles. The fraction of sp³-hybridized carbons (Fsp3) is 0.476. The third-order valence-electron chi connectivity index (χ3n) is 5.09. The molecule has 3 rings (SSSR count). The van der Waals surface area contributed by atoms with E-state index in [2.05, 4.69) is 29.0 Å². The zero-order valence-corrected chi connectivity index (χ0v) is 16.4. The van der Waals surface area contributed by atoms with Gasteiger partial charge in [0, 0.05) is 36.5 Å². The number of amides is 1. The smallest absolute Gasteiger partial charge is 0.255 e. The Hall–Kier alpha value is -2.47. The predicted octanol–water partition coefficient (Wildman–Crippen LogP) is 2.09. The first-order valence-corrected chi connectivity index (χ1v) is 9.51. The van der Waals surface area contributed by atoms with Gasteiger partial charge >= 0.3 is 0 Å². The lowest BCUT2D eigenvalue weighted by molar-refractivity contribution is -0.132. The number of aromatic nitrogens is 2. The molecule has 1 N–H and O–H groups in total. The van der Waals surface area contributed by atoms with E-state index in [-0.39, 0.29) is 17.9 Å². The van der Waals surface area contributed by atoms with Crippen molar-refractivity contribution in [3.8, 4) is 11.4 Å². The van der Waals surface area contributed by atoms with E-state index in [9.17, 15) is 9.59 Å². The van der Waals surface area contributed by atoms with E-state index in [1.54, 1.807) is 6.92 Å². The van der Waals surface area contributed by atoms with Crippen LogP contribution in [0, 0.1) is 12.8 Å². The van der Waals surface area contributed by atoms with Gasteiger partial charge in [0.25, 0.3) is 5.56 Å². The lowest BCUT2D eigenvalue weighted by Gasteiger charge is -2.34. The van der Waals surface area contributed by atoms with E-state index in [1.165, 1.54) is 0 Å². The normalized spacial score (nSPS) is 17.3. The van der Waals surface area contributed by atoms with Crippen molar-refractivity contribution >= 4 is 5.91 Å². The fourth-order valence-corrected chi connectivity index (χ4v) is 3.77. The maximum absolute atomic E-state index is 12.8. The molecule has 6 heteroatoms. The van der Waals surface area contributed by atoms with Crippen LogP contribution in [0.2, 0.25) is 0 Å². The number of carbonyl (C=O) groups excluding carboxylic acids is 1. The summed E-state index contributed by atoms with van der Waals surface area (Å²) in [5.74, 6) is 1.05. The van der Waals surface area contributed by atoms with Crippen LogP contribution in [0.15, 0.2) is 35.1 Å². The number of aryl methyl sites for hydroxylation is 1. The van der Waals surface area contributed by atoms with Crippen molar-refractivity contribution in [3.05, 3.63) is 51.9 Å². The fourth-order valence-electron chi connectivity index (χ4n) is 3.77. The van der Waals surface area contributed by atoms with Crippen molar-refractivity contribution in [3.63, 3.8) is 0 Å². The number of H-pyrrole nitrogens is 1. The maximum atomic E-state index is 12.8. The van der Waals surface area contributed by atoms with Gasteiger partial charge in [0.05, 0.1) is 6.42 Å². The molecule has 6 nitrogen and oxygen atoms in total. The average Bonchev–Trinajstić information content (AvgIpc) is 2.64. The minimum absolute atomic E-state index is 0.0151. The topological polar surface area (TPSA) is 69.3 Å². The number of piperidine rings is 1. The molecule has 2 aromatic rings. The number of benzene rings is 1. The van der Waals surface area contributed by atoms with Crippen LogP contribution in [-0.2, 0) is 11.2 Å². The second kappa shape index (κ2) is 8.48. The zero-order chi connectivity index (χ0) is 19.4. The van der Waals surface area contributed by atoms with Gasteiger partial charge in [0.15, 0.2) is 0 Å². The molecule has 0 saturated carbocycles. The first-order valence-electron chi connectivity index (χ1n) is 9.51. The van der Waals surface area contributed by atoms with E-state index in [0.717, 1.165) is 38.0 Å². The number of rotatable bonds is 5. The van der Waals surface area contributed by atoms with Gasteiger partial charge in [-0.3, -0.25) is 9.59 Å². The minimum Gasteiger partial charge on any atom is -0.342 e. The summed E-state index contributed by atoms with van der Waals surface area (Å²) in [4.78, 5) is 36.8. The molecule has 0 bridgehead atoms. The predicted molar refractivity (Wildman–Crippen MR) is 107 cm³/mol. The van der Waals surface area contributed by atoms with Crippen LogP contribution in [0.5, 0.6) is 0 Å². The second-order valence-corrected chi connectivity index (χ2v) is 7.63. The van der Waals surface area contributed by atoms with E-state index < -0.39 is 0 Å². The molecule has 1 aromatic carbocycles. The van der Waals surface area contributed by atoms with Crippen molar-refractivity contribution in [2.75, 3.05) is 33.7 Å². The Morgan fingerprint density at radius 1 is 1.30 bits per heavy atom. The first kappa shape index (κ1) is 19.3. The molecule has 1 aliphatic heterocycles. The van der Waals surface area contributed by atoms with Crippen LogP contribution >= 0.6 is 0 Å². The van der Waals surface area contributed by atoms with Gasteiger partial charge in [-0.1, -0.05) is 30.3 Å². The highest BCUT2D eigenvalue weighted by Gasteiger charge is 2.25. The van der Waals surface area contributed by atoms with Crippen molar-refractivity contribution in [1.82, 2.24) is 19.8 Å². The summed E-state index contributed by atoms with van der Waals surface area (Å²) in [5.41, 5.74) is 1.72. The van der Waals surface area contributed by atoms with Gasteiger partial charge in [-0.15, -0.1) is 0 Å². The number of hydrogen-bond donors (Lipinski definition) is 1. The molecule has 1 aromatic heterocycles. The zero-order valence-electron chi connectivity index (χ0n) is 16.4. The third-order valence-corrected chi connectivity index (χ3v) is 5.09. The molecular weight excluding hydrogens is 340 g/mol. The lowest BCUT2D eigenvalue weighted by atomic mass is 9.97. The van der Waals surface area contributed by atoms with Gasteiger partial charge < -0.3 is 14.8 Å². The second-order valence-electron chi connectivity index (χ2n) is 7.63. The summed E-state index contributed by atoms with van der Waals surface area (Å²) in [7, 11) is 4.12. The lowest BCUT2D eigenvalue weighted by Crippen LogP contribution is -2.43. The summed E-state index contributed by atoms with van der Waals surface area (Å²) < 4.78 is 0. The Balaban J connectivity index is 1.73. The van der Waals surface area contributed by atoms with Gasteiger partial charge in [-0.25, -0.2) is 4.98 Å². The quantitative estimate of drug-likeness (QED) is 0.877. The van der Waals surface area contributed by atoms with E-state index in [0.29, 0.717) is 23.0 Å².